The number of carbonyl (C=O) groups excluding carboxylic acids is 2. The number of benzene rings is 2. The molecule has 0 heterocycles. The summed E-state index contributed by atoms with van der Waals surface area (Å²) in [6, 6.07) is 12.3. The van der Waals surface area contributed by atoms with E-state index in [0.717, 1.165) is 10.6 Å². The van der Waals surface area contributed by atoms with Gasteiger partial charge >= 0.3 is 0 Å². The van der Waals surface area contributed by atoms with E-state index in [2.05, 4.69) is 5.32 Å². The number of amides is 2. The lowest BCUT2D eigenvalue weighted by molar-refractivity contribution is -0.139. The molecule has 1 N–H and O–H groups in total. The third-order valence-corrected chi connectivity index (χ3v) is 6.23. The quantitative estimate of drug-likeness (QED) is 0.640. The number of sulfonamides is 1. The van der Waals surface area contributed by atoms with Crippen LogP contribution in [0, 0.1) is 0 Å². The van der Waals surface area contributed by atoms with Crippen LogP contribution in [0.25, 0.3) is 0 Å². The molecule has 0 saturated heterocycles. The molecule has 0 spiro atoms. The first-order valence-corrected chi connectivity index (χ1v) is 11.6. The minimum atomic E-state index is -3.80. The Kier molecular flexibility index (Phi) is 8.11. The van der Waals surface area contributed by atoms with Crippen LogP contribution >= 0.6 is 23.2 Å². The van der Waals surface area contributed by atoms with E-state index < -0.39 is 28.5 Å². The Morgan fingerprint density at radius 2 is 1.77 bits per heavy atom. The molecule has 2 aromatic carbocycles. The molecule has 0 bridgehead atoms. The number of rotatable bonds is 8. The molecule has 0 fully saturated rings. The summed E-state index contributed by atoms with van der Waals surface area (Å²) in [5.74, 6) is -0.944. The fourth-order valence-electron chi connectivity index (χ4n) is 2.85. The van der Waals surface area contributed by atoms with Gasteiger partial charge in [-0.05, 0) is 36.8 Å². The van der Waals surface area contributed by atoms with Crippen LogP contribution in [-0.2, 0) is 26.2 Å². The predicted molar refractivity (Wildman–Crippen MR) is 119 cm³/mol. The van der Waals surface area contributed by atoms with Crippen LogP contribution in [0.15, 0.2) is 48.5 Å². The van der Waals surface area contributed by atoms with Crippen molar-refractivity contribution in [1.29, 1.82) is 0 Å². The van der Waals surface area contributed by atoms with Crippen LogP contribution in [0.3, 0.4) is 0 Å². The van der Waals surface area contributed by atoms with Crippen LogP contribution < -0.4 is 9.62 Å². The van der Waals surface area contributed by atoms with Crippen molar-refractivity contribution in [2.24, 2.45) is 0 Å². The summed E-state index contributed by atoms with van der Waals surface area (Å²) in [6.45, 7) is 1.11. The van der Waals surface area contributed by atoms with Gasteiger partial charge in [-0.2, -0.15) is 0 Å². The Hall–Kier alpha value is -2.29. The van der Waals surface area contributed by atoms with Gasteiger partial charge in [0.2, 0.25) is 21.8 Å². The van der Waals surface area contributed by atoms with Crippen LogP contribution in [-0.4, -0.2) is 51.0 Å². The van der Waals surface area contributed by atoms with E-state index >= 15 is 0 Å². The van der Waals surface area contributed by atoms with Gasteiger partial charge in [-0.15, -0.1) is 0 Å². The number of halogens is 2. The molecule has 0 unspecified atom stereocenters. The van der Waals surface area contributed by atoms with Crippen molar-refractivity contribution in [3.63, 3.8) is 0 Å². The topological polar surface area (TPSA) is 86.8 Å². The predicted octanol–water partition coefficient (Wildman–Crippen LogP) is 2.92. The maximum absolute atomic E-state index is 13.2. The van der Waals surface area contributed by atoms with Crippen molar-refractivity contribution < 1.29 is 18.0 Å². The van der Waals surface area contributed by atoms with Crippen molar-refractivity contribution >= 4 is 50.7 Å². The zero-order valence-electron chi connectivity index (χ0n) is 16.8. The van der Waals surface area contributed by atoms with Gasteiger partial charge in [-0.1, -0.05) is 47.5 Å². The smallest absolute Gasteiger partial charge is 0.244 e. The summed E-state index contributed by atoms with van der Waals surface area (Å²) in [5, 5.41) is 3.28. The Morgan fingerprint density at radius 1 is 1.10 bits per heavy atom. The molecule has 2 amide bonds. The highest BCUT2D eigenvalue weighted by Crippen LogP contribution is 2.23. The maximum Gasteiger partial charge on any atom is 0.244 e. The molecule has 0 aromatic heterocycles. The van der Waals surface area contributed by atoms with E-state index in [9.17, 15) is 18.0 Å². The fourth-order valence-corrected chi connectivity index (χ4v) is 4.07. The molecule has 162 valence electrons. The molecular formula is C20H23Cl2N3O4S. The first-order chi connectivity index (χ1) is 14.0. The third kappa shape index (κ3) is 6.10. The molecule has 30 heavy (non-hydrogen) atoms. The van der Waals surface area contributed by atoms with Crippen LogP contribution in [0.1, 0.15) is 12.5 Å². The first-order valence-electron chi connectivity index (χ1n) is 9.02. The maximum atomic E-state index is 13.2. The first kappa shape index (κ1) is 24.0. The molecule has 0 aliphatic rings. The van der Waals surface area contributed by atoms with E-state index in [1.54, 1.807) is 49.4 Å². The highest BCUT2D eigenvalue weighted by molar-refractivity contribution is 7.92. The lowest BCUT2D eigenvalue weighted by Gasteiger charge is -2.31. The SMILES string of the molecule is CNC(=O)[C@@H](C)N(Cc1ccccc1Cl)C(=O)CN(c1cccc(Cl)c1)S(C)(=O)=O. The fraction of sp³-hybridized carbons (Fsp3) is 0.300. The highest BCUT2D eigenvalue weighted by Gasteiger charge is 2.30. The summed E-state index contributed by atoms with van der Waals surface area (Å²) < 4.78 is 25.7. The molecule has 1 atom stereocenters. The van der Waals surface area contributed by atoms with E-state index in [4.69, 9.17) is 23.2 Å². The number of carbonyl (C=O) groups is 2. The van der Waals surface area contributed by atoms with Crippen molar-refractivity contribution in [3.8, 4) is 0 Å². The average Bonchev–Trinajstić information content (AvgIpc) is 2.69. The van der Waals surface area contributed by atoms with Gasteiger partial charge in [0.25, 0.3) is 0 Å². The van der Waals surface area contributed by atoms with Crippen molar-refractivity contribution in [1.82, 2.24) is 10.2 Å². The standard InChI is InChI=1S/C20H23Cl2N3O4S/c1-14(20(27)23-2)24(12-15-7-4-5-10-18(15)22)19(26)13-25(30(3,28)29)17-9-6-8-16(21)11-17/h4-11,14H,12-13H2,1-3H3,(H,23,27)/t14-/m1/s1. The highest BCUT2D eigenvalue weighted by atomic mass is 35.5. The molecule has 0 aliphatic heterocycles. The second-order valence-electron chi connectivity index (χ2n) is 6.65. The number of hydrogen-bond acceptors (Lipinski definition) is 4. The third-order valence-electron chi connectivity index (χ3n) is 4.49. The molecule has 7 nitrogen and oxygen atoms in total. The lowest BCUT2D eigenvalue weighted by atomic mass is 10.1. The van der Waals surface area contributed by atoms with Gasteiger partial charge in [-0.3, -0.25) is 13.9 Å². The van der Waals surface area contributed by atoms with Crippen molar-refractivity contribution in [3.05, 3.63) is 64.1 Å². The average molecular weight is 472 g/mol. The lowest BCUT2D eigenvalue weighted by Crippen LogP contribution is -2.50. The van der Waals surface area contributed by atoms with Gasteiger partial charge in [-0.25, -0.2) is 8.42 Å². The van der Waals surface area contributed by atoms with Crippen LogP contribution in [0.2, 0.25) is 10.0 Å². The Labute approximate surface area is 186 Å². The molecule has 2 aromatic rings. The summed E-state index contributed by atoms with van der Waals surface area (Å²) in [7, 11) is -2.33. The Morgan fingerprint density at radius 3 is 2.33 bits per heavy atom. The molecule has 0 saturated carbocycles. The number of hydrogen-bond donors (Lipinski definition) is 1. The number of nitrogens with one attached hydrogen (secondary N) is 1. The van der Waals surface area contributed by atoms with E-state index in [0.29, 0.717) is 15.6 Å². The number of anilines is 1. The zero-order chi connectivity index (χ0) is 22.5. The van der Waals surface area contributed by atoms with Crippen molar-refractivity contribution in [2.75, 3.05) is 24.2 Å². The van der Waals surface area contributed by atoms with Crippen molar-refractivity contribution in [2.45, 2.75) is 19.5 Å². The number of likely N-dealkylation sites (N-methyl/N-ethyl adjacent to an activating group) is 1. The van der Waals surface area contributed by atoms with Gasteiger partial charge in [0.15, 0.2) is 0 Å². The number of nitrogens with zero attached hydrogens (tertiary/aromatic N) is 2. The molecule has 0 aliphatic carbocycles. The minimum absolute atomic E-state index is 0.0419. The van der Waals surface area contributed by atoms with E-state index in [1.165, 1.54) is 18.0 Å². The van der Waals surface area contributed by atoms with Gasteiger partial charge in [0.1, 0.15) is 12.6 Å². The molecular weight excluding hydrogens is 449 g/mol. The largest absolute Gasteiger partial charge is 0.357 e. The van der Waals surface area contributed by atoms with E-state index in [-0.39, 0.29) is 18.1 Å². The van der Waals surface area contributed by atoms with Gasteiger partial charge < -0.3 is 10.2 Å². The van der Waals surface area contributed by atoms with Gasteiger partial charge in [0, 0.05) is 23.6 Å². The van der Waals surface area contributed by atoms with Crippen LogP contribution in [0.4, 0.5) is 5.69 Å². The molecule has 10 heteroatoms. The Balaban J connectivity index is 2.40. The van der Waals surface area contributed by atoms with E-state index in [1.807, 2.05) is 0 Å². The summed E-state index contributed by atoms with van der Waals surface area (Å²) in [6.07, 6.45) is 1.00. The molecule has 0 radical (unpaired) electrons. The second kappa shape index (κ2) is 10.1. The second-order valence-corrected chi connectivity index (χ2v) is 9.40. The summed E-state index contributed by atoms with van der Waals surface area (Å²) in [5.41, 5.74) is 0.889. The zero-order valence-corrected chi connectivity index (χ0v) is 19.1. The normalized spacial score (nSPS) is 12.2. The Bertz CT molecular complexity index is 1030. The van der Waals surface area contributed by atoms with Gasteiger partial charge in [0.05, 0.1) is 11.9 Å². The summed E-state index contributed by atoms with van der Waals surface area (Å²) >= 11 is 12.2. The summed E-state index contributed by atoms with van der Waals surface area (Å²) in [4.78, 5) is 26.7. The minimum Gasteiger partial charge on any atom is -0.357 e. The monoisotopic (exact) mass is 471 g/mol. The van der Waals surface area contributed by atoms with Crippen LogP contribution in [0.5, 0.6) is 0 Å². The molecule has 2 rings (SSSR count).